The van der Waals surface area contributed by atoms with Gasteiger partial charge in [-0.3, -0.25) is 9.69 Å². The van der Waals surface area contributed by atoms with Crippen LogP contribution in [-0.4, -0.2) is 37.0 Å². The number of hydrogen-bond acceptors (Lipinski definition) is 4. The van der Waals surface area contributed by atoms with Crippen molar-refractivity contribution in [1.82, 2.24) is 4.90 Å². The number of methoxy groups -OCH3 is 1. The van der Waals surface area contributed by atoms with Crippen molar-refractivity contribution < 1.29 is 9.53 Å². The Hall–Kier alpha value is -1.75. The van der Waals surface area contributed by atoms with Crippen molar-refractivity contribution in [2.24, 2.45) is 0 Å². The number of amides is 1. The van der Waals surface area contributed by atoms with Crippen molar-refractivity contribution in [2.75, 3.05) is 25.2 Å². The van der Waals surface area contributed by atoms with E-state index in [4.69, 9.17) is 10.5 Å². The largest absolute Gasteiger partial charge is 0.494 e. The van der Waals surface area contributed by atoms with E-state index in [-0.39, 0.29) is 11.9 Å². The molecule has 104 valence electrons. The van der Waals surface area contributed by atoms with Gasteiger partial charge in [0.15, 0.2) is 0 Å². The Kier molecular flexibility index (Phi) is 3.95. The first-order valence-corrected chi connectivity index (χ1v) is 6.49. The summed E-state index contributed by atoms with van der Waals surface area (Å²) in [6, 6.07) is 5.60. The van der Waals surface area contributed by atoms with E-state index < -0.39 is 0 Å². The molecule has 5 heteroatoms. The summed E-state index contributed by atoms with van der Waals surface area (Å²) >= 11 is 0. The first kappa shape index (κ1) is 13.7. The third-order valence-electron chi connectivity index (χ3n) is 3.60. The van der Waals surface area contributed by atoms with Gasteiger partial charge in [0.2, 0.25) is 5.91 Å². The third-order valence-corrected chi connectivity index (χ3v) is 3.60. The Morgan fingerprint density at radius 1 is 1.53 bits per heavy atom. The van der Waals surface area contributed by atoms with E-state index in [0.717, 1.165) is 0 Å². The minimum absolute atomic E-state index is 0.0301. The Morgan fingerprint density at radius 3 is 2.79 bits per heavy atom. The highest BCUT2D eigenvalue weighted by Crippen LogP contribution is 2.29. The molecule has 0 aromatic heterocycles. The lowest BCUT2D eigenvalue weighted by Crippen LogP contribution is -2.40. The number of carbonyl (C=O) groups is 1. The highest BCUT2D eigenvalue weighted by atomic mass is 16.5. The van der Waals surface area contributed by atoms with Gasteiger partial charge in [0, 0.05) is 17.8 Å². The number of carbonyl (C=O) groups excluding carboxylic acids is 1. The maximum absolute atomic E-state index is 12.2. The molecule has 1 aromatic carbocycles. The molecule has 1 saturated carbocycles. The highest BCUT2D eigenvalue weighted by Gasteiger charge is 2.32. The number of nitrogen functional groups attached to an aromatic ring is 1. The average molecular weight is 263 g/mol. The molecule has 0 saturated heterocycles. The fourth-order valence-corrected chi connectivity index (χ4v) is 2.03. The van der Waals surface area contributed by atoms with E-state index in [2.05, 4.69) is 10.2 Å². The Balaban J connectivity index is 2.05. The van der Waals surface area contributed by atoms with E-state index in [1.807, 2.05) is 14.0 Å². The van der Waals surface area contributed by atoms with Crippen LogP contribution in [0.5, 0.6) is 5.75 Å². The zero-order chi connectivity index (χ0) is 14.0. The number of nitrogens with one attached hydrogen (secondary N) is 1. The molecular weight excluding hydrogens is 242 g/mol. The summed E-state index contributed by atoms with van der Waals surface area (Å²) in [7, 11) is 3.55. The van der Waals surface area contributed by atoms with Gasteiger partial charge in [0.05, 0.1) is 18.8 Å². The Labute approximate surface area is 113 Å². The zero-order valence-electron chi connectivity index (χ0n) is 11.6. The van der Waals surface area contributed by atoms with Gasteiger partial charge in [-0.05, 0) is 38.9 Å². The molecule has 0 bridgehead atoms. The molecule has 1 aliphatic carbocycles. The third kappa shape index (κ3) is 3.17. The molecule has 1 unspecified atom stereocenters. The normalized spacial score (nSPS) is 16.2. The van der Waals surface area contributed by atoms with E-state index in [9.17, 15) is 4.79 Å². The summed E-state index contributed by atoms with van der Waals surface area (Å²) in [5.41, 5.74) is 6.95. The number of rotatable bonds is 5. The van der Waals surface area contributed by atoms with Gasteiger partial charge >= 0.3 is 0 Å². The number of nitrogens with zero attached hydrogens (tertiary/aromatic N) is 1. The van der Waals surface area contributed by atoms with Crippen LogP contribution in [0.2, 0.25) is 0 Å². The van der Waals surface area contributed by atoms with E-state index in [1.165, 1.54) is 12.8 Å². The van der Waals surface area contributed by atoms with Gasteiger partial charge in [0.1, 0.15) is 5.75 Å². The van der Waals surface area contributed by atoms with Crippen LogP contribution in [0.4, 0.5) is 11.4 Å². The van der Waals surface area contributed by atoms with Gasteiger partial charge in [-0.15, -0.1) is 0 Å². The van der Waals surface area contributed by atoms with Gasteiger partial charge in [0.25, 0.3) is 0 Å². The van der Waals surface area contributed by atoms with Crippen molar-refractivity contribution in [3.8, 4) is 5.75 Å². The summed E-state index contributed by atoms with van der Waals surface area (Å²) in [5, 5.41) is 2.89. The lowest BCUT2D eigenvalue weighted by atomic mass is 10.2. The van der Waals surface area contributed by atoms with Gasteiger partial charge in [-0.25, -0.2) is 0 Å². The van der Waals surface area contributed by atoms with Crippen LogP contribution < -0.4 is 15.8 Å². The SMILES string of the molecule is COc1cc(N)ccc1NC(=O)C(C)N(C)C1CC1. The molecular formula is C14H21N3O2. The van der Waals surface area contributed by atoms with Crippen molar-refractivity contribution >= 4 is 17.3 Å². The molecule has 1 aliphatic rings. The second-order valence-electron chi connectivity index (χ2n) is 5.02. The van der Waals surface area contributed by atoms with Crippen molar-refractivity contribution in [3.63, 3.8) is 0 Å². The molecule has 1 atom stereocenters. The number of anilines is 2. The van der Waals surface area contributed by atoms with Crippen LogP contribution in [0.15, 0.2) is 18.2 Å². The molecule has 1 amide bonds. The molecule has 0 radical (unpaired) electrons. The first-order valence-electron chi connectivity index (χ1n) is 6.49. The van der Waals surface area contributed by atoms with Crippen molar-refractivity contribution in [3.05, 3.63) is 18.2 Å². The molecule has 2 rings (SSSR count). The smallest absolute Gasteiger partial charge is 0.241 e. The molecule has 19 heavy (non-hydrogen) atoms. The predicted octanol–water partition coefficient (Wildman–Crippen LogP) is 1.70. The summed E-state index contributed by atoms with van der Waals surface area (Å²) in [4.78, 5) is 14.3. The fraction of sp³-hybridized carbons (Fsp3) is 0.500. The average Bonchev–Trinajstić information content (AvgIpc) is 3.23. The second kappa shape index (κ2) is 5.48. The number of nitrogens with two attached hydrogens (primary N) is 1. The van der Waals surface area contributed by atoms with Crippen LogP contribution in [0, 0.1) is 0 Å². The quantitative estimate of drug-likeness (QED) is 0.793. The number of likely N-dealkylation sites (N-methyl/N-ethyl adjacent to an activating group) is 1. The van der Waals surface area contributed by atoms with Gasteiger partial charge in [-0.2, -0.15) is 0 Å². The Bertz CT molecular complexity index is 472. The predicted molar refractivity (Wildman–Crippen MR) is 76.3 cm³/mol. The summed E-state index contributed by atoms with van der Waals surface area (Å²) < 4.78 is 5.22. The number of hydrogen-bond donors (Lipinski definition) is 2. The van der Waals surface area contributed by atoms with E-state index in [1.54, 1.807) is 25.3 Å². The standard InChI is InChI=1S/C14H21N3O2/c1-9(17(2)11-5-6-11)14(18)16-12-7-4-10(15)8-13(12)19-3/h4,7-9,11H,5-6,15H2,1-3H3,(H,16,18). The highest BCUT2D eigenvalue weighted by molar-refractivity contribution is 5.96. The first-order chi connectivity index (χ1) is 9.02. The topological polar surface area (TPSA) is 67.6 Å². The minimum atomic E-state index is -0.158. The lowest BCUT2D eigenvalue weighted by Gasteiger charge is -2.23. The molecule has 3 N–H and O–H groups in total. The molecule has 0 spiro atoms. The van der Waals surface area contributed by atoms with Crippen LogP contribution in [0.25, 0.3) is 0 Å². The molecule has 1 fully saturated rings. The molecule has 0 aliphatic heterocycles. The lowest BCUT2D eigenvalue weighted by molar-refractivity contribution is -0.120. The Morgan fingerprint density at radius 2 is 2.21 bits per heavy atom. The van der Waals surface area contributed by atoms with Crippen LogP contribution in [0.1, 0.15) is 19.8 Å². The maximum atomic E-state index is 12.2. The molecule has 0 heterocycles. The minimum Gasteiger partial charge on any atom is -0.494 e. The summed E-state index contributed by atoms with van der Waals surface area (Å²) in [6.07, 6.45) is 2.36. The van der Waals surface area contributed by atoms with E-state index in [0.29, 0.717) is 23.2 Å². The number of benzene rings is 1. The van der Waals surface area contributed by atoms with Crippen LogP contribution in [0.3, 0.4) is 0 Å². The van der Waals surface area contributed by atoms with Crippen LogP contribution >= 0.6 is 0 Å². The zero-order valence-corrected chi connectivity index (χ0v) is 11.6. The number of ether oxygens (including phenoxy) is 1. The second-order valence-corrected chi connectivity index (χ2v) is 5.02. The van der Waals surface area contributed by atoms with E-state index >= 15 is 0 Å². The summed E-state index contributed by atoms with van der Waals surface area (Å²) in [6.45, 7) is 1.91. The summed E-state index contributed by atoms with van der Waals surface area (Å²) in [5.74, 6) is 0.548. The molecule has 5 nitrogen and oxygen atoms in total. The van der Waals surface area contributed by atoms with Crippen molar-refractivity contribution in [2.45, 2.75) is 31.8 Å². The van der Waals surface area contributed by atoms with Gasteiger partial charge < -0.3 is 15.8 Å². The maximum Gasteiger partial charge on any atom is 0.241 e. The molecule has 1 aromatic rings. The van der Waals surface area contributed by atoms with Gasteiger partial charge in [-0.1, -0.05) is 0 Å². The van der Waals surface area contributed by atoms with Crippen molar-refractivity contribution in [1.29, 1.82) is 0 Å². The van der Waals surface area contributed by atoms with Crippen LogP contribution in [-0.2, 0) is 4.79 Å². The fourth-order valence-electron chi connectivity index (χ4n) is 2.03. The monoisotopic (exact) mass is 263 g/mol.